The first-order valence-electron chi connectivity index (χ1n) is 7.43. The van der Waals surface area contributed by atoms with Crippen molar-refractivity contribution in [2.45, 2.75) is 26.4 Å². The predicted molar refractivity (Wildman–Crippen MR) is 82.5 cm³/mol. The zero-order valence-corrected chi connectivity index (χ0v) is 12.9. The van der Waals surface area contributed by atoms with E-state index in [-0.39, 0.29) is 11.6 Å². The zero-order valence-electron chi connectivity index (χ0n) is 12.9. The molecule has 2 aromatic heterocycles. The van der Waals surface area contributed by atoms with E-state index in [2.05, 4.69) is 25.9 Å². The highest BCUT2D eigenvalue weighted by molar-refractivity contribution is 5.15. The number of hydrogen-bond donors (Lipinski definition) is 1. The smallest absolute Gasteiger partial charge is 0.251 e. The molecule has 0 radical (unpaired) electrons. The molecule has 1 saturated heterocycles. The first kappa shape index (κ1) is 14.9. The monoisotopic (exact) mass is 300 g/mol. The number of pyridine rings is 1. The van der Waals surface area contributed by atoms with E-state index in [0.29, 0.717) is 19.0 Å². The minimum atomic E-state index is -0.120. The number of aryl methyl sites for hydroxylation is 2. The quantitative estimate of drug-likeness (QED) is 0.926. The minimum Gasteiger partial charge on any atom is -0.378 e. The molecule has 1 N–H and O–H groups in total. The topological polar surface area (TPSA) is 71.1 Å². The Kier molecular flexibility index (Phi) is 4.31. The van der Waals surface area contributed by atoms with E-state index in [9.17, 15) is 4.79 Å². The summed E-state index contributed by atoms with van der Waals surface area (Å²) in [6.07, 6.45) is 1.90. The molecule has 2 aromatic rings. The third kappa shape index (κ3) is 3.40. The molecule has 1 fully saturated rings. The Hall–Kier alpha value is -2.05. The van der Waals surface area contributed by atoms with Crippen LogP contribution < -0.4 is 5.56 Å². The molecule has 0 aliphatic carbocycles. The van der Waals surface area contributed by atoms with Crippen LogP contribution in [-0.4, -0.2) is 39.6 Å². The van der Waals surface area contributed by atoms with E-state index in [1.54, 1.807) is 13.0 Å². The Labute approximate surface area is 129 Å². The lowest BCUT2D eigenvalue weighted by Gasteiger charge is -2.35. The largest absolute Gasteiger partial charge is 0.378 e. The van der Waals surface area contributed by atoms with Gasteiger partial charge in [0.25, 0.3) is 5.56 Å². The van der Waals surface area contributed by atoms with E-state index in [4.69, 9.17) is 4.74 Å². The van der Waals surface area contributed by atoms with Crippen molar-refractivity contribution in [3.63, 3.8) is 0 Å². The Bertz CT molecular complexity index is 696. The number of nitrogens with one attached hydrogen (secondary N) is 1. The summed E-state index contributed by atoms with van der Waals surface area (Å²) in [5.74, 6) is 0.630. The van der Waals surface area contributed by atoms with Crippen molar-refractivity contribution in [1.82, 2.24) is 19.9 Å². The minimum absolute atomic E-state index is 0.00365. The van der Waals surface area contributed by atoms with Crippen LogP contribution in [0.2, 0.25) is 0 Å². The molecule has 0 bridgehead atoms. The number of hydrogen-bond acceptors (Lipinski definition) is 5. The zero-order chi connectivity index (χ0) is 15.5. The standard InChI is InChI=1S/C16H20N4O2/c1-11-3-4-13(8-17-11)9-20-5-6-22-10-15(20)14-7-16(21)19-12(2)18-14/h3-4,7-8,15H,5-6,9-10H2,1-2H3,(H,18,19,21)/t15-/m0/s1. The van der Waals surface area contributed by atoms with Gasteiger partial charge in [-0.1, -0.05) is 6.07 Å². The third-order valence-corrected chi connectivity index (χ3v) is 3.82. The summed E-state index contributed by atoms with van der Waals surface area (Å²) < 4.78 is 5.59. The molecule has 1 aliphatic heterocycles. The van der Waals surface area contributed by atoms with Crippen LogP contribution in [-0.2, 0) is 11.3 Å². The molecular formula is C16H20N4O2. The van der Waals surface area contributed by atoms with Gasteiger partial charge in [-0.25, -0.2) is 4.98 Å². The number of morpholine rings is 1. The molecule has 116 valence electrons. The molecule has 1 aliphatic rings. The van der Waals surface area contributed by atoms with E-state index in [1.165, 1.54) is 0 Å². The number of ether oxygens (including phenoxy) is 1. The van der Waals surface area contributed by atoms with E-state index in [1.807, 2.05) is 19.2 Å². The molecule has 22 heavy (non-hydrogen) atoms. The Morgan fingerprint density at radius 3 is 3.00 bits per heavy atom. The Morgan fingerprint density at radius 2 is 2.27 bits per heavy atom. The lowest BCUT2D eigenvalue weighted by atomic mass is 10.1. The second-order valence-electron chi connectivity index (χ2n) is 5.62. The van der Waals surface area contributed by atoms with Gasteiger partial charge in [-0.2, -0.15) is 0 Å². The fourth-order valence-electron chi connectivity index (χ4n) is 2.70. The fraction of sp³-hybridized carbons (Fsp3) is 0.438. The van der Waals surface area contributed by atoms with Crippen LogP contribution in [0.4, 0.5) is 0 Å². The summed E-state index contributed by atoms with van der Waals surface area (Å²) >= 11 is 0. The second-order valence-corrected chi connectivity index (χ2v) is 5.62. The molecule has 1 atom stereocenters. The van der Waals surface area contributed by atoms with Crippen LogP contribution in [0.15, 0.2) is 29.2 Å². The van der Waals surface area contributed by atoms with Crippen molar-refractivity contribution >= 4 is 0 Å². The van der Waals surface area contributed by atoms with Gasteiger partial charge in [-0.3, -0.25) is 14.7 Å². The molecule has 0 amide bonds. The highest BCUT2D eigenvalue weighted by Crippen LogP contribution is 2.23. The summed E-state index contributed by atoms with van der Waals surface area (Å²) in [7, 11) is 0. The van der Waals surface area contributed by atoms with Crippen LogP contribution in [0.5, 0.6) is 0 Å². The summed E-state index contributed by atoms with van der Waals surface area (Å²) in [6, 6.07) is 5.66. The van der Waals surface area contributed by atoms with Gasteiger partial charge in [-0.15, -0.1) is 0 Å². The predicted octanol–water partition coefficient (Wildman–Crippen LogP) is 1.36. The Balaban J connectivity index is 1.84. The van der Waals surface area contributed by atoms with E-state index >= 15 is 0 Å². The van der Waals surface area contributed by atoms with Crippen LogP contribution >= 0.6 is 0 Å². The molecular weight excluding hydrogens is 280 g/mol. The molecule has 0 unspecified atom stereocenters. The van der Waals surface area contributed by atoms with Crippen LogP contribution in [0, 0.1) is 13.8 Å². The lowest BCUT2D eigenvalue weighted by Crippen LogP contribution is -2.40. The van der Waals surface area contributed by atoms with Gasteiger partial charge in [0.05, 0.1) is 24.9 Å². The maximum absolute atomic E-state index is 11.7. The van der Waals surface area contributed by atoms with Gasteiger partial charge in [-0.05, 0) is 25.5 Å². The van der Waals surface area contributed by atoms with Crippen LogP contribution in [0.1, 0.15) is 28.8 Å². The molecule has 0 spiro atoms. The average Bonchev–Trinajstić information content (AvgIpc) is 2.49. The average molecular weight is 300 g/mol. The highest BCUT2D eigenvalue weighted by atomic mass is 16.5. The van der Waals surface area contributed by atoms with Crippen molar-refractivity contribution < 1.29 is 4.74 Å². The fourth-order valence-corrected chi connectivity index (χ4v) is 2.70. The first-order chi connectivity index (χ1) is 10.6. The molecule has 0 saturated carbocycles. The Morgan fingerprint density at radius 1 is 1.41 bits per heavy atom. The number of aromatic amines is 1. The summed E-state index contributed by atoms with van der Waals surface area (Å²) in [5, 5.41) is 0. The number of nitrogens with zero attached hydrogens (tertiary/aromatic N) is 3. The first-order valence-corrected chi connectivity index (χ1v) is 7.43. The number of rotatable bonds is 3. The van der Waals surface area contributed by atoms with Crippen LogP contribution in [0.25, 0.3) is 0 Å². The van der Waals surface area contributed by atoms with Gasteiger partial charge < -0.3 is 9.72 Å². The van der Waals surface area contributed by atoms with Crippen molar-refractivity contribution in [2.24, 2.45) is 0 Å². The van der Waals surface area contributed by atoms with Gasteiger partial charge >= 0.3 is 0 Å². The molecule has 0 aromatic carbocycles. The van der Waals surface area contributed by atoms with Crippen LogP contribution in [0.3, 0.4) is 0 Å². The summed E-state index contributed by atoms with van der Waals surface area (Å²) in [4.78, 5) is 25.5. The van der Waals surface area contributed by atoms with E-state index < -0.39 is 0 Å². The molecule has 6 nitrogen and oxygen atoms in total. The summed E-state index contributed by atoms with van der Waals surface area (Å²) in [6.45, 7) is 6.60. The maximum Gasteiger partial charge on any atom is 0.251 e. The third-order valence-electron chi connectivity index (χ3n) is 3.82. The molecule has 6 heteroatoms. The molecule has 3 heterocycles. The van der Waals surface area contributed by atoms with Crippen molar-refractivity contribution in [3.05, 3.63) is 57.5 Å². The maximum atomic E-state index is 11.7. The van der Waals surface area contributed by atoms with Crippen molar-refractivity contribution in [3.8, 4) is 0 Å². The second kappa shape index (κ2) is 6.37. The lowest BCUT2D eigenvalue weighted by molar-refractivity contribution is -0.0144. The number of H-pyrrole nitrogens is 1. The highest BCUT2D eigenvalue weighted by Gasteiger charge is 2.26. The van der Waals surface area contributed by atoms with Gasteiger partial charge in [0.2, 0.25) is 0 Å². The van der Waals surface area contributed by atoms with E-state index in [0.717, 1.165) is 30.0 Å². The normalized spacial score (nSPS) is 19.3. The van der Waals surface area contributed by atoms with Crippen molar-refractivity contribution in [2.75, 3.05) is 19.8 Å². The van der Waals surface area contributed by atoms with Gasteiger partial charge in [0, 0.05) is 31.0 Å². The van der Waals surface area contributed by atoms with Gasteiger partial charge in [0.1, 0.15) is 5.82 Å². The SMILES string of the molecule is Cc1ccc(CN2CCOC[C@H]2c2cc(=O)[nH]c(C)n2)cn1. The van der Waals surface area contributed by atoms with Gasteiger partial charge in [0.15, 0.2) is 0 Å². The molecule has 3 rings (SSSR count). The number of aromatic nitrogens is 3. The van der Waals surface area contributed by atoms with Crippen molar-refractivity contribution in [1.29, 1.82) is 0 Å². The summed E-state index contributed by atoms with van der Waals surface area (Å²) in [5.41, 5.74) is 2.80.